The van der Waals surface area contributed by atoms with Crippen molar-refractivity contribution in [2.45, 2.75) is 19.9 Å². The fourth-order valence-corrected chi connectivity index (χ4v) is 4.17. The molecule has 2 heterocycles. The summed E-state index contributed by atoms with van der Waals surface area (Å²) in [5, 5.41) is 21.3. The summed E-state index contributed by atoms with van der Waals surface area (Å²) in [6.45, 7) is 4.81. The topological polar surface area (TPSA) is 97.6 Å². The van der Waals surface area contributed by atoms with Gasteiger partial charge >= 0.3 is 5.97 Å². The van der Waals surface area contributed by atoms with Crippen LogP contribution in [0.1, 0.15) is 12.5 Å². The number of carboxylic acid groups (broad SMARTS) is 1. The first kappa shape index (κ1) is 21.6. The molecule has 0 bridgehead atoms. The molecule has 3 N–H and O–H groups in total. The molecule has 34 heavy (non-hydrogen) atoms. The number of anilines is 3. The van der Waals surface area contributed by atoms with Gasteiger partial charge in [0.25, 0.3) is 0 Å². The van der Waals surface area contributed by atoms with Gasteiger partial charge in [0.1, 0.15) is 19.3 Å². The predicted octanol–water partition coefficient (Wildman–Crippen LogP) is 4.95. The largest absolute Gasteiger partial charge is 0.486 e. The van der Waals surface area contributed by atoms with Crippen LogP contribution >= 0.6 is 0 Å². The highest BCUT2D eigenvalue weighted by Gasteiger charge is 2.16. The maximum atomic E-state index is 11.2. The summed E-state index contributed by atoms with van der Waals surface area (Å²) in [6, 6.07) is 17.2. The van der Waals surface area contributed by atoms with Crippen molar-refractivity contribution in [2.24, 2.45) is 7.05 Å². The Kier molecular flexibility index (Phi) is 5.49. The zero-order valence-corrected chi connectivity index (χ0v) is 19.3. The van der Waals surface area contributed by atoms with Gasteiger partial charge in [0.2, 0.25) is 0 Å². The number of nitrogens with one attached hydrogen (secondary N) is 2. The van der Waals surface area contributed by atoms with Crippen molar-refractivity contribution in [1.29, 1.82) is 0 Å². The maximum absolute atomic E-state index is 11.2. The van der Waals surface area contributed by atoms with Gasteiger partial charge in [-0.25, -0.2) is 0 Å². The SMILES string of the molecule is Cc1c(Nc2nn(C)c3cc(NC(C)C(=O)O)ccc23)cccc1-c1ccc2c(c1)OCCO2. The Morgan fingerprint density at radius 3 is 2.68 bits per heavy atom. The normalized spacial score (nSPS) is 13.5. The molecule has 1 aliphatic rings. The highest BCUT2D eigenvalue weighted by atomic mass is 16.6. The molecule has 174 valence electrons. The molecule has 1 aromatic heterocycles. The van der Waals surface area contributed by atoms with E-state index in [9.17, 15) is 4.79 Å². The molecule has 0 fully saturated rings. The molecule has 8 nitrogen and oxygen atoms in total. The Hall–Kier alpha value is -4.20. The van der Waals surface area contributed by atoms with Gasteiger partial charge < -0.3 is 25.2 Å². The molecule has 0 spiro atoms. The number of carboxylic acids is 1. The Morgan fingerprint density at radius 2 is 1.88 bits per heavy atom. The van der Waals surface area contributed by atoms with Gasteiger partial charge in [0.05, 0.1) is 5.52 Å². The second-order valence-electron chi connectivity index (χ2n) is 8.37. The third kappa shape index (κ3) is 3.98. The number of fused-ring (bicyclic) bond motifs is 2. The standard InChI is InChI=1S/C26H26N4O4/c1-15-19(17-7-10-23-24(13-17)34-12-11-33-23)5-4-6-21(15)28-25-20-9-8-18(27-16(2)26(31)32)14-22(20)30(3)29-25/h4-10,13-14,16,27H,11-12H2,1-3H3,(H,28,29)(H,31,32). The third-order valence-electron chi connectivity index (χ3n) is 6.05. The number of ether oxygens (including phenoxy) is 2. The number of hydrogen-bond donors (Lipinski definition) is 3. The Labute approximate surface area is 197 Å². The van der Waals surface area contributed by atoms with E-state index in [-0.39, 0.29) is 0 Å². The summed E-state index contributed by atoms with van der Waals surface area (Å²) in [5.74, 6) is 1.37. The summed E-state index contributed by atoms with van der Waals surface area (Å²) >= 11 is 0. The second kappa shape index (κ2) is 8.62. The highest BCUT2D eigenvalue weighted by Crippen LogP contribution is 2.38. The van der Waals surface area contributed by atoms with E-state index in [1.807, 2.05) is 55.6 Å². The Morgan fingerprint density at radius 1 is 1.09 bits per heavy atom. The summed E-state index contributed by atoms with van der Waals surface area (Å²) in [4.78, 5) is 11.2. The number of hydrogen-bond acceptors (Lipinski definition) is 6. The minimum Gasteiger partial charge on any atom is -0.486 e. The molecule has 4 aromatic rings. The summed E-state index contributed by atoms with van der Waals surface area (Å²) in [5.41, 5.74) is 5.82. The van der Waals surface area contributed by atoms with Crippen molar-refractivity contribution in [2.75, 3.05) is 23.8 Å². The molecule has 1 unspecified atom stereocenters. The van der Waals surface area contributed by atoms with Gasteiger partial charge in [0, 0.05) is 23.8 Å². The molecule has 0 amide bonds. The molecular formula is C26H26N4O4. The molecular weight excluding hydrogens is 432 g/mol. The van der Waals surface area contributed by atoms with Crippen LogP contribution in [0.15, 0.2) is 54.6 Å². The van der Waals surface area contributed by atoms with Gasteiger partial charge in [-0.15, -0.1) is 0 Å². The van der Waals surface area contributed by atoms with Crippen LogP contribution in [-0.2, 0) is 11.8 Å². The lowest BCUT2D eigenvalue weighted by atomic mass is 9.98. The van der Waals surface area contributed by atoms with Crippen LogP contribution in [0, 0.1) is 6.92 Å². The lowest BCUT2D eigenvalue weighted by Crippen LogP contribution is -2.25. The van der Waals surface area contributed by atoms with E-state index in [0.29, 0.717) is 13.2 Å². The van der Waals surface area contributed by atoms with E-state index in [0.717, 1.165) is 56.3 Å². The van der Waals surface area contributed by atoms with Crippen LogP contribution in [-0.4, -0.2) is 40.1 Å². The molecule has 1 atom stereocenters. The van der Waals surface area contributed by atoms with E-state index in [1.165, 1.54) is 0 Å². The van der Waals surface area contributed by atoms with Crippen molar-refractivity contribution in [1.82, 2.24) is 9.78 Å². The molecule has 0 saturated carbocycles. The van der Waals surface area contributed by atoms with Crippen molar-refractivity contribution in [3.05, 3.63) is 60.2 Å². The average molecular weight is 459 g/mol. The number of aryl methyl sites for hydroxylation is 1. The Bertz CT molecular complexity index is 1400. The molecule has 8 heteroatoms. The number of rotatable bonds is 6. The number of carbonyl (C=O) groups is 1. The maximum Gasteiger partial charge on any atom is 0.325 e. The molecule has 0 saturated heterocycles. The van der Waals surface area contributed by atoms with Crippen LogP contribution in [0.4, 0.5) is 17.2 Å². The van der Waals surface area contributed by atoms with Crippen molar-refractivity contribution >= 4 is 34.1 Å². The number of aromatic nitrogens is 2. The first-order chi connectivity index (χ1) is 16.4. The van der Waals surface area contributed by atoms with Crippen molar-refractivity contribution in [3.63, 3.8) is 0 Å². The van der Waals surface area contributed by atoms with Gasteiger partial charge in [-0.2, -0.15) is 5.10 Å². The molecule has 3 aromatic carbocycles. The van der Waals surface area contributed by atoms with E-state index in [4.69, 9.17) is 14.6 Å². The zero-order chi connectivity index (χ0) is 23.8. The van der Waals surface area contributed by atoms with E-state index in [2.05, 4.69) is 28.7 Å². The van der Waals surface area contributed by atoms with Gasteiger partial charge in [-0.1, -0.05) is 18.2 Å². The van der Waals surface area contributed by atoms with Gasteiger partial charge in [0.15, 0.2) is 17.3 Å². The minimum atomic E-state index is -0.902. The number of nitrogens with zero attached hydrogens (tertiary/aromatic N) is 2. The van der Waals surface area contributed by atoms with E-state index >= 15 is 0 Å². The average Bonchev–Trinajstić information content (AvgIpc) is 3.14. The van der Waals surface area contributed by atoms with Gasteiger partial charge in [-0.05, 0) is 66.9 Å². The summed E-state index contributed by atoms with van der Waals surface area (Å²) < 4.78 is 13.2. The van der Waals surface area contributed by atoms with Crippen LogP contribution in [0.5, 0.6) is 11.5 Å². The second-order valence-corrected chi connectivity index (χ2v) is 8.37. The lowest BCUT2D eigenvalue weighted by Gasteiger charge is -2.19. The fraction of sp³-hybridized carbons (Fsp3) is 0.231. The quantitative estimate of drug-likeness (QED) is 0.376. The van der Waals surface area contributed by atoms with Gasteiger partial charge in [-0.3, -0.25) is 9.48 Å². The summed E-state index contributed by atoms with van der Waals surface area (Å²) in [7, 11) is 1.87. The Balaban J connectivity index is 1.46. The predicted molar refractivity (Wildman–Crippen MR) is 132 cm³/mol. The van der Waals surface area contributed by atoms with Crippen LogP contribution in [0.2, 0.25) is 0 Å². The van der Waals surface area contributed by atoms with Crippen LogP contribution < -0.4 is 20.1 Å². The van der Waals surface area contributed by atoms with Crippen LogP contribution in [0.25, 0.3) is 22.0 Å². The zero-order valence-electron chi connectivity index (χ0n) is 19.3. The first-order valence-electron chi connectivity index (χ1n) is 11.1. The molecule has 1 aliphatic heterocycles. The molecule has 5 rings (SSSR count). The van der Waals surface area contributed by atoms with E-state index < -0.39 is 12.0 Å². The minimum absolute atomic E-state index is 0.552. The van der Waals surface area contributed by atoms with Crippen molar-refractivity contribution < 1.29 is 19.4 Å². The smallest absolute Gasteiger partial charge is 0.325 e. The number of aliphatic carboxylic acids is 1. The molecule has 0 aliphatic carbocycles. The lowest BCUT2D eigenvalue weighted by molar-refractivity contribution is -0.137. The summed E-state index contributed by atoms with van der Waals surface area (Å²) in [6.07, 6.45) is 0. The molecule has 0 radical (unpaired) electrons. The van der Waals surface area contributed by atoms with E-state index in [1.54, 1.807) is 11.6 Å². The van der Waals surface area contributed by atoms with Crippen LogP contribution in [0.3, 0.4) is 0 Å². The first-order valence-corrected chi connectivity index (χ1v) is 11.1. The third-order valence-corrected chi connectivity index (χ3v) is 6.05. The fourth-order valence-electron chi connectivity index (χ4n) is 4.17. The number of benzene rings is 3. The monoisotopic (exact) mass is 458 g/mol. The highest BCUT2D eigenvalue weighted by molar-refractivity contribution is 5.95. The van der Waals surface area contributed by atoms with Crippen molar-refractivity contribution in [3.8, 4) is 22.6 Å².